The maximum atomic E-state index is 6.67. The number of fused-ring (bicyclic) bond motifs is 3. The quantitative estimate of drug-likeness (QED) is 0.392. The number of aromatic nitrogens is 3. The van der Waals surface area contributed by atoms with Crippen molar-refractivity contribution in [3.05, 3.63) is 99.8 Å². The first-order valence-electron chi connectivity index (χ1n) is 11.2. The first-order chi connectivity index (χ1) is 17.1. The van der Waals surface area contributed by atoms with E-state index >= 15 is 0 Å². The van der Waals surface area contributed by atoms with E-state index in [0.717, 1.165) is 33.7 Å². The van der Waals surface area contributed by atoms with Gasteiger partial charge in [0, 0.05) is 21.7 Å². The minimum Gasteiger partial charge on any atom is -0.493 e. The molecule has 35 heavy (non-hydrogen) atoms. The van der Waals surface area contributed by atoms with E-state index < -0.39 is 6.10 Å². The molecule has 0 amide bonds. The molecule has 3 heterocycles. The Hall–Kier alpha value is -3.97. The molecule has 2 unspecified atom stereocenters. The van der Waals surface area contributed by atoms with Gasteiger partial charge in [-0.15, -0.1) is 0 Å². The standard InChI is InChI=1S/C27H23ClN4O3/c1-15-4-6-16(7-5-15)25-23-24(31-27-29-14-30-32(25)27)19-13-18(28)9-11-20(19)35-26(23)17-8-10-21(33-2)22(12-17)34-3/h4-14,25-26H,1-3H3,(H,29,30,31). The Kier molecular flexibility index (Phi) is 5.15. The molecule has 2 atom stereocenters. The Labute approximate surface area is 207 Å². The molecule has 0 saturated heterocycles. The second-order valence-corrected chi connectivity index (χ2v) is 8.99. The monoisotopic (exact) mass is 486 g/mol. The van der Waals surface area contributed by atoms with Crippen molar-refractivity contribution in [3.8, 4) is 17.2 Å². The van der Waals surface area contributed by atoms with Gasteiger partial charge in [-0.05, 0) is 42.8 Å². The highest BCUT2D eigenvalue weighted by molar-refractivity contribution is 6.30. The molecular weight excluding hydrogens is 464 g/mol. The summed E-state index contributed by atoms with van der Waals surface area (Å²) in [5, 5.41) is 8.70. The number of nitrogens with one attached hydrogen (secondary N) is 1. The second-order valence-electron chi connectivity index (χ2n) is 8.55. The summed E-state index contributed by atoms with van der Waals surface area (Å²) >= 11 is 6.41. The average Bonchev–Trinajstić information content (AvgIpc) is 3.35. The van der Waals surface area contributed by atoms with Gasteiger partial charge in [0.15, 0.2) is 11.5 Å². The van der Waals surface area contributed by atoms with Crippen LogP contribution in [0.3, 0.4) is 0 Å². The van der Waals surface area contributed by atoms with Crippen molar-refractivity contribution in [1.82, 2.24) is 14.8 Å². The molecule has 176 valence electrons. The highest BCUT2D eigenvalue weighted by Gasteiger charge is 2.41. The number of methoxy groups -OCH3 is 2. The molecule has 2 aliphatic rings. The number of halogens is 1. The molecule has 0 spiro atoms. The van der Waals surface area contributed by atoms with Gasteiger partial charge in [0.2, 0.25) is 5.95 Å². The maximum absolute atomic E-state index is 6.67. The summed E-state index contributed by atoms with van der Waals surface area (Å²) in [5.74, 6) is 2.68. The van der Waals surface area contributed by atoms with Crippen LogP contribution in [-0.2, 0) is 0 Å². The van der Waals surface area contributed by atoms with Crippen molar-refractivity contribution in [2.75, 3.05) is 19.5 Å². The molecule has 3 aromatic carbocycles. The smallest absolute Gasteiger partial charge is 0.226 e. The summed E-state index contributed by atoms with van der Waals surface area (Å²) in [7, 11) is 3.25. The molecule has 8 heteroatoms. The molecule has 4 aromatic rings. The van der Waals surface area contributed by atoms with Crippen LogP contribution in [0.5, 0.6) is 17.2 Å². The number of hydrogen-bond acceptors (Lipinski definition) is 6. The molecule has 0 saturated carbocycles. The van der Waals surface area contributed by atoms with E-state index in [-0.39, 0.29) is 6.04 Å². The summed E-state index contributed by atoms with van der Waals surface area (Å²) in [6.45, 7) is 2.08. The number of nitrogens with zero attached hydrogens (tertiary/aromatic N) is 3. The lowest BCUT2D eigenvalue weighted by atomic mass is 9.84. The van der Waals surface area contributed by atoms with Crippen molar-refractivity contribution in [2.45, 2.75) is 19.1 Å². The van der Waals surface area contributed by atoms with E-state index in [1.165, 1.54) is 5.56 Å². The number of rotatable bonds is 4. The summed E-state index contributed by atoms with van der Waals surface area (Å²) in [6.07, 6.45) is 1.14. The SMILES string of the molecule is COc1ccc(C2Oc3ccc(Cl)cc3C3=C2C(c2ccc(C)cc2)n2ncnc2N3)cc1OC. The van der Waals surface area contributed by atoms with E-state index in [2.05, 4.69) is 46.6 Å². The van der Waals surface area contributed by atoms with Gasteiger partial charge in [-0.3, -0.25) is 0 Å². The van der Waals surface area contributed by atoms with Crippen LogP contribution in [0, 0.1) is 6.92 Å². The minimum absolute atomic E-state index is 0.241. The molecule has 0 bridgehead atoms. The van der Waals surface area contributed by atoms with Gasteiger partial charge in [-0.25, -0.2) is 4.68 Å². The molecule has 1 N–H and O–H groups in total. The van der Waals surface area contributed by atoms with Crippen LogP contribution in [0.4, 0.5) is 5.95 Å². The lowest BCUT2D eigenvalue weighted by Gasteiger charge is -2.39. The van der Waals surface area contributed by atoms with Gasteiger partial charge in [0.1, 0.15) is 24.2 Å². The van der Waals surface area contributed by atoms with Crippen molar-refractivity contribution >= 4 is 23.2 Å². The maximum Gasteiger partial charge on any atom is 0.226 e. The van der Waals surface area contributed by atoms with Gasteiger partial charge in [-0.2, -0.15) is 10.1 Å². The Morgan fingerprint density at radius 3 is 2.49 bits per heavy atom. The van der Waals surface area contributed by atoms with Crippen LogP contribution in [0.1, 0.15) is 34.4 Å². The number of hydrogen-bond donors (Lipinski definition) is 1. The first kappa shape index (κ1) is 21.6. The summed E-state index contributed by atoms with van der Waals surface area (Å²) in [6, 6.07) is 19.7. The van der Waals surface area contributed by atoms with E-state index in [1.807, 2.05) is 41.1 Å². The predicted molar refractivity (Wildman–Crippen MR) is 134 cm³/mol. The van der Waals surface area contributed by atoms with Gasteiger partial charge in [0.25, 0.3) is 0 Å². The number of benzene rings is 3. The second kappa shape index (κ2) is 8.36. The lowest BCUT2D eigenvalue weighted by Crippen LogP contribution is -2.32. The molecular formula is C27H23ClN4O3. The summed E-state index contributed by atoms with van der Waals surface area (Å²) < 4.78 is 19.6. The van der Waals surface area contributed by atoms with Crippen LogP contribution in [0.15, 0.2) is 72.6 Å². The highest BCUT2D eigenvalue weighted by Crippen LogP contribution is 2.51. The third-order valence-corrected chi connectivity index (χ3v) is 6.71. The third-order valence-electron chi connectivity index (χ3n) is 6.48. The zero-order valence-corrected chi connectivity index (χ0v) is 20.2. The van der Waals surface area contributed by atoms with Crippen LogP contribution in [0.25, 0.3) is 5.70 Å². The minimum atomic E-state index is -0.422. The average molecular weight is 487 g/mol. The molecule has 2 aliphatic heterocycles. The Bertz CT molecular complexity index is 1460. The van der Waals surface area contributed by atoms with E-state index in [1.54, 1.807) is 20.5 Å². The molecule has 1 aromatic heterocycles. The van der Waals surface area contributed by atoms with Gasteiger partial charge < -0.3 is 19.5 Å². The highest BCUT2D eigenvalue weighted by atomic mass is 35.5. The van der Waals surface area contributed by atoms with Crippen LogP contribution < -0.4 is 19.5 Å². The zero-order valence-electron chi connectivity index (χ0n) is 19.4. The van der Waals surface area contributed by atoms with Gasteiger partial charge in [-0.1, -0.05) is 47.5 Å². The molecule has 7 nitrogen and oxygen atoms in total. The molecule has 0 fully saturated rings. The fraction of sp³-hybridized carbons (Fsp3) is 0.185. The van der Waals surface area contributed by atoms with Crippen LogP contribution in [0.2, 0.25) is 5.02 Å². The van der Waals surface area contributed by atoms with E-state index in [9.17, 15) is 0 Å². The van der Waals surface area contributed by atoms with Gasteiger partial charge >= 0.3 is 0 Å². The van der Waals surface area contributed by atoms with Crippen molar-refractivity contribution in [1.29, 1.82) is 0 Å². The van der Waals surface area contributed by atoms with E-state index in [4.69, 9.17) is 25.8 Å². The largest absolute Gasteiger partial charge is 0.493 e. The van der Waals surface area contributed by atoms with Gasteiger partial charge in [0.05, 0.1) is 19.9 Å². The summed E-state index contributed by atoms with van der Waals surface area (Å²) in [5.41, 5.74) is 6.00. The van der Waals surface area contributed by atoms with E-state index in [0.29, 0.717) is 22.5 Å². The number of anilines is 1. The Morgan fingerprint density at radius 2 is 1.71 bits per heavy atom. The number of aryl methyl sites for hydroxylation is 1. The lowest BCUT2D eigenvalue weighted by molar-refractivity contribution is 0.222. The van der Waals surface area contributed by atoms with Crippen molar-refractivity contribution in [3.63, 3.8) is 0 Å². The fourth-order valence-corrected chi connectivity index (χ4v) is 4.97. The normalized spacial score (nSPS) is 18.1. The molecule has 0 aliphatic carbocycles. The summed E-state index contributed by atoms with van der Waals surface area (Å²) in [4.78, 5) is 4.48. The molecule has 0 radical (unpaired) electrons. The predicted octanol–water partition coefficient (Wildman–Crippen LogP) is 5.82. The topological polar surface area (TPSA) is 70.4 Å². The number of ether oxygens (including phenoxy) is 3. The zero-order chi connectivity index (χ0) is 24.1. The Morgan fingerprint density at radius 1 is 0.943 bits per heavy atom. The fourth-order valence-electron chi connectivity index (χ4n) is 4.80. The van der Waals surface area contributed by atoms with Crippen LogP contribution in [-0.4, -0.2) is 29.0 Å². The van der Waals surface area contributed by atoms with Crippen LogP contribution >= 0.6 is 11.6 Å². The van der Waals surface area contributed by atoms with Crippen molar-refractivity contribution < 1.29 is 14.2 Å². The molecule has 6 rings (SSSR count). The van der Waals surface area contributed by atoms with Crippen molar-refractivity contribution in [2.24, 2.45) is 0 Å². The Balaban J connectivity index is 1.61. The first-order valence-corrected chi connectivity index (χ1v) is 11.6. The third kappa shape index (κ3) is 3.51.